The number of Topliss-reactive ketones (excluding diaryl/α,β-unsaturated/α-hetero) is 1. The molecule has 2 aromatic rings. The molecule has 0 aliphatic rings. The van der Waals surface area contributed by atoms with Crippen molar-refractivity contribution in [1.29, 1.82) is 0 Å². The van der Waals surface area contributed by atoms with Gasteiger partial charge >= 0.3 is 5.97 Å². The molecule has 0 bridgehead atoms. The summed E-state index contributed by atoms with van der Waals surface area (Å²) in [6.07, 6.45) is 0. The molecule has 0 aliphatic heterocycles. The third kappa shape index (κ3) is 3.84. The van der Waals surface area contributed by atoms with E-state index in [2.05, 4.69) is 0 Å². The van der Waals surface area contributed by atoms with Crippen molar-refractivity contribution in [3.63, 3.8) is 0 Å². The van der Waals surface area contributed by atoms with E-state index in [9.17, 15) is 9.59 Å². The summed E-state index contributed by atoms with van der Waals surface area (Å²) in [5, 5.41) is 0. The maximum atomic E-state index is 12.4. The lowest BCUT2D eigenvalue weighted by Crippen LogP contribution is -2.15. The minimum absolute atomic E-state index is 0.228. The predicted molar refractivity (Wildman–Crippen MR) is 93.7 cm³/mol. The molecule has 0 saturated heterocycles. The summed E-state index contributed by atoms with van der Waals surface area (Å²) in [7, 11) is 2.98. The Morgan fingerprint density at radius 1 is 1.04 bits per heavy atom. The number of hydrogen-bond acceptors (Lipinski definition) is 5. The smallest absolute Gasteiger partial charge is 0.342 e. The number of ketones is 1. The van der Waals surface area contributed by atoms with Gasteiger partial charge in [0.15, 0.2) is 6.61 Å². The second kappa shape index (κ2) is 7.88. The van der Waals surface area contributed by atoms with Gasteiger partial charge in [-0.3, -0.25) is 4.79 Å². The topological polar surface area (TPSA) is 66.8 Å². The van der Waals surface area contributed by atoms with Gasteiger partial charge < -0.3 is 18.8 Å². The molecule has 0 spiro atoms. The molecule has 1 aromatic carbocycles. The Labute approximate surface area is 147 Å². The van der Waals surface area contributed by atoms with Crippen molar-refractivity contribution in [2.75, 3.05) is 20.8 Å². The van der Waals surface area contributed by atoms with Crippen LogP contribution in [0.5, 0.6) is 11.5 Å². The van der Waals surface area contributed by atoms with Gasteiger partial charge in [-0.1, -0.05) is 0 Å². The average Bonchev–Trinajstić information content (AvgIpc) is 2.92. The molecule has 0 unspecified atom stereocenters. The predicted octanol–water partition coefficient (Wildman–Crippen LogP) is 3.18. The Balaban J connectivity index is 2.11. The second-order valence-corrected chi connectivity index (χ2v) is 5.59. The number of carbonyl (C=O) groups is 2. The number of aryl methyl sites for hydroxylation is 1. The fraction of sp³-hybridized carbons (Fsp3) is 0.368. The molecule has 0 atom stereocenters. The van der Waals surface area contributed by atoms with Crippen molar-refractivity contribution < 1.29 is 23.8 Å². The van der Waals surface area contributed by atoms with Crippen LogP contribution in [-0.2, 0) is 11.3 Å². The van der Waals surface area contributed by atoms with E-state index >= 15 is 0 Å². The molecule has 134 valence electrons. The number of esters is 1. The number of ether oxygens (including phenoxy) is 3. The molecule has 2 rings (SSSR count). The summed E-state index contributed by atoms with van der Waals surface area (Å²) >= 11 is 0. The Kier molecular flexibility index (Phi) is 5.85. The van der Waals surface area contributed by atoms with Crippen LogP contribution in [0.25, 0.3) is 0 Å². The standard InChI is InChI=1S/C19H23NO5/c1-6-20-12(2)9-16(13(20)3)17(21)11-25-19(22)15-8-7-14(23-4)10-18(15)24-5/h7-10H,6,11H2,1-5H3. The molecule has 0 fully saturated rings. The van der Waals surface area contributed by atoms with Crippen LogP contribution in [0.3, 0.4) is 0 Å². The lowest BCUT2D eigenvalue weighted by atomic mass is 10.1. The first kappa shape index (κ1) is 18.6. The van der Waals surface area contributed by atoms with E-state index in [1.165, 1.54) is 14.2 Å². The minimum atomic E-state index is -0.614. The van der Waals surface area contributed by atoms with Crippen molar-refractivity contribution >= 4 is 11.8 Å². The molecule has 0 aliphatic carbocycles. The van der Waals surface area contributed by atoms with Crippen LogP contribution in [0.2, 0.25) is 0 Å². The number of hydrogen-bond donors (Lipinski definition) is 0. The van der Waals surface area contributed by atoms with Gasteiger partial charge in [0.05, 0.1) is 14.2 Å². The van der Waals surface area contributed by atoms with E-state index in [0.29, 0.717) is 17.1 Å². The summed E-state index contributed by atoms with van der Waals surface area (Å²) in [5.74, 6) is 0.0585. The Morgan fingerprint density at radius 2 is 1.76 bits per heavy atom. The maximum absolute atomic E-state index is 12.4. The molecule has 0 saturated carbocycles. The van der Waals surface area contributed by atoms with E-state index in [4.69, 9.17) is 14.2 Å². The van der Waals surface area contributed by atoms with Crippen molar-refractivity contribution in [3.05, 3.63) is 46.8 Å². The van der Waals surface area contributed by atoms with Crippen LogP contribution in [-0.4, -0.2) is 37.1 Å². The van der Waals surface area contributed by atoms with E-state index in [1.54, 1.807) is 18.2 Å². The minimum Gasteiger partial charge on any atom is -0.497 e. The highest BCUT2D eigenvalue weighted by molar-refractivity contribution is 6.01. The fourth-order valence-corrected chi connectivity index (χ4v) is 2.82. The molecule has 0 N–H and O–H groups in total. The summed E-state index contributed by atoms with van der Waals surface area (Å²) in [6, 6.07) is 6.60. The Hall–Kier alpha value is -2.76. The van der Waals surface area contributed by atoms with E-state index in [1.807, 2.05) is 31.4 Å². The molecule has 25 heavy (non-hydrogen) atoms. The quantitative estimate of drug-likeness (QED) is 0.569. The number of carbonyl (C=O) groups excluding carboxylic acids is 2. The van der Waals surface area contributed by atoms with Crippen molar-refractivity contribution in [2.45, 2.75) is 27.3 Å². The van der Waals surface area contributed by atoms with Gasteiger partial charge in [-0.05, 0) is 39.0 Å². The third-order valence-corrected chi connectivity index (χ3v) is 4.15. The van der Waals surface area contributed by atoms with E-state index in [-0.39, 0.29) is 18.0 Å². The van der Waals surface area contributed by atoms with Crippen LogP contribution in [0.4, 0.5) is 0 Å². The molecule has 1 heterocycles. The van der Waals surface area contributed by atoms with Gasteiger partial charge in [-0.15, -0.1) is 0 Å². The number of aromatic nitrogens is 1. The van der Waals surface area contributed by atoms with Gasteiger partial charge in [-0.25, -0.2) is 4.79 Å². The van der Waals surface area contributed by atoms with Crippen LogP contribution >= 0.6 is 0 Å². The van der Waals surface area contributed by atoms with Crippen LogP contribution in [0.1, 0.15) is 39.0 Å². The normalized spacial score (nSPS) is 10.4. The van der Waals surface area contributed by atoms with Crippen molar-refractivity contribution in [1.82, 2.24) is 4.57 Å². The highest BCUT2D eigenvalue weighted by Gasteiger charge is 2.19. The molecule has 0 radical (unpaired) electrons. The zero-order valence-electron chi connectivity index (χ0n) is 15.2. The van der Waals surface area contributed by atoms with E-state index in [0.717, 1.165) is 17.9 Å². The zero-order chi connectivity index (χ0) is 18.6. The maximum Gasteiger partial charge on any atom is 0.342 e. The van der Waals surface area contributed by atoms with Crippen molar-refractivity contribution in [3.8, 4) is 11.5 Å². The monoisotopic (exact) mass is 345 g/mol. The van der Waals surface area contributed by atoms with Gasteiger partial charge in [-0.2, -0.15) is 0 Å². The lowest BCUT2D eigenvalue weighted by molar-refractivity contribution is 0.0471. The number of rotatable bonds is 7. The van der Waals surface area contributed by atoms with Crippen LogP contribution < -0.4 is 9.47 Å². The lowest BCUT2D eigenvalue weighted by Gasteiger charge is -2.10. The summed E-state index contributed by atoms with van der Waals surface area (Å²) in [5.41, 5.74) is 2.71. The molecule has 0 amide bonds. The third-order valence-electron chi connectivity index (χ3n) is 4.15. The first-order chi connectivity index (χ1) is 11.9. The zero-order valence-corrected chi connectivity index (χ0v) is 15.2. The fourth-order valence-electron chi connectivity index (χ4n) is 2.82. The highest BCUT2D eigenvalue weighted by atomic mass is 16.5. The molecule has 6 heteroatoms. The summed E-state index contributed by atoms with van der Waals surface area (Å²) in [6.45, 7) is 6.32. The highest BCUT2D eigenvalue weighted by Crippen LogP contribution is 2.25. The first-order valence-electron chi connectivity index (χ1n) is 8.02. The van der Waals surface area contributed by atoms with E-state index < -0.39 is 5.97 Å². The molecular formula is C19H23NO5. The molecule has 1 aromatic heterocycles. The van der Waals surface area contributed by atoms with Gasteiger partial charge in [0.1, 0.15) is 17.1 Å². The van der Waals surface area contributed by atoms with Gasteiger partial charge in [0.2, 0.25) is 5.78 Å². The Morgan fingerprint density at radius 3 is 2.32 bits per heavy atom. The van der Waals surface area contributed by atoms with Crippen LogP contribution in [0.15, 0.2) is 24.3 Å². The summed E-state index contributed by atoms with van der Waals surface area (Å²) < 4.78 is 17.5. The van der Waals surface area contributed by atoms with Gasteiger partial charge in [0.25, 0.3) is 0 Å². The van der Waals surface area contributed by atoms with Crippen molar-refractivity contribution in [2.24, 2.45) is 0 Å². The number of nitrogens with zero attached hydrogens (tertiary/aromatic N) is 1. The first-order valence-corrected chi connectivity index (χ1v) is 8.02. The van der Waals surface area contributed by atoms with Crippen LogP contribution in [0, 0.1) is 13.8 Å². The van der Waals surface area contributed by atoms with Gasteiger partial charge in [0, 0.05) is 29.6 Å². The summed E-state index contributed by atoms with van der Waals surface area (Å²) in [4.78, 5) is 24.7. The SMILES string of the molecule is CCn1c(C)cc(C(=O)COC(=O)c2ccc(OC)cc2OC)c1C. The number of methoxy groups -OCH3 is 2. The molecule has 6 nitrogen and oxygen atoms in total. The Bertz CT molecular complexity index is 791. The second-order valence-electron chi connectivity index (χ2n) is 5.59. The average molecular weight is 345 g/mol. The number of benzene rings is 1. The largest absolute Gasteiger partial charge is 0.497 e. The molecular weight excluding hydrogens is 322 g/mol.